The van der Waals surface area contributed by atoms with Crippen LogP contribution >= 0.6 is 0 Å². The number of hydrogen-bond acceptors (Lipinski definition) is 4. The van der Waals surface area contributed by atoms with Gasteiger partial charge in [-0.25, -0.2) is 4.99 Å². The first kappa shape index (κ1) is 12.0. The van der Waals surface area contributed by atoms with Crippen molar-refractivity contribution < 1.29 is 4.79 Å². The SMILES string of the molecule is C=C(C)C(=O)c1ccc2c(c1)C1CCCN1C(N)=N2. The zero-order valence-electron chi connectivity index (χ0n) is 11.0. The highest BCUT2D eigenvalue weighted by atomic mass is 16.1. The number of fused-ring (bicyclic) bond motifs is 3. The molecule has 1 atom stereocenters. The summed E-state index contributed by atoms with van der Waals surface area (Å²) in [6.07, 6.45) is 2.17. The predicted octanol–water partition coefficient (Wildman–Crippen LogP) is 2.54. The Kier molecular flexibility index (Phi) is 2.66. The van der Waals surface area contributed by atoms with Crippen molar-refractivity contribution >= 4 is 17.4 Å². The van der Waals surface area contributed by atoms with Crippen LogP contribution in [0.1, 0.15) is 41.7 Å². The van der Waals surface area contributed by atoms with Gasteiger partial charge in [0, 0.05) is 17.7 Å². The first-order valence-corrected chi connectivity index (χ1v) is 6.53. The van der Waals surface area contributed by atoms with Crippen molar-refractivity contribution in [3.63, 3.8) is 0 Å². The predicted molar refractivity (Wildman–Crippen MR) is 75.5 cm³/mol. The molecule has 0 saturated carbocycles. The molecule has 1 unspecified atom stereocenters. The van der Waals surface area contributed by atoms with Crippen LogP contribution in [0, 0.1) is 0 Å². The summed E-state index contributed by atoms with van der Waals surface area (Å²) < 4.78 is 0. The summed E-state index contributed by atoms with van der Waals surface area (Å²) in [5, 5.41) is 0. The number of rotatable bonds is 2. The van der Waals surface area contributed by atoms with E-state index in [4.69, 9.17) is 5.73 Å². The molecule has 1 aromatic carbocycles. The van der Waals surface area contributed by atoms with Crippen LogP contribution in [0.3, 0.4) is 0 Å². The van der Waals surface area contributed by atoms with E-state index >= 15 is 0 Å². The fourth-order valence-corrected chi connectivity index (χ4v) is 2.86. The van der Waals surface area contributed by atoms with E-state index in [0.717, 1.165) is 30.6 Å². The van der Waals surface area contributed by atoms with Gasteiger partial charge in [0.25, 0.3) is 0 Å². The third-order valence-corrected chi connectivity index (χ3v) is 3.82. The summed E-state index contributed by atoms with van der Waals surface area (Å²) in [6, 6.07) is 5.90. The molecule has 2 N–H and O–H groups in total. The summed E-state index contributed by atoms with van der Waals surface area (Å²) in [5.41, 5.74) is 9.22. The number of hydrogen-bond donors (Lipinski definition) is 1. The Bertz CT molecular complexity index is 603. The van der Waals surface area contributed by atoms with E-state index in [1.165, 1.54) is 0 Å². The van der Waals surface area contributed by atoms with Gasteiger partial charge >= 0.3 is 0 Å². The molecule has 98 valence electrons. The highest BCUT2D eigenvalue weighted by Gasteiger charge is 2.32. The van der Waals surface area contributed by atoms with Gasteiger partial charge in [-0.1, -0.05) is 6.58 Å². The summed E-state index contributed by atoms with van der Waals surface area (Å²) in [4.78, 5) is 18.6. The van der Waals surface area contributed by atoms with Crippen molar-refractivity contribution in [3.05, 3.63) is 41.5 Å². The number of aliphatic imine (C=N–C) groups is 1. The van der Waals surface area contributed by atoms with Crippen LogP contribution in [0.15, 0.2) is 35.3 Å². The van der Waals surface area contributed by atoms with Crippen LogP contribution in [0.2, 0.25) is 0 Å². The smallest absolute Gasteiger partial charge is 0.197 e. The normalized spacial score (nSPS) is 20.6. The quantitative estimate of drug-likeness (QED) is 0.652. The molecule has 0 aliphatic carbocycles. The molecular weight excluding hydrogens is 238 g/mol. The number of carbonyl (C=O) groups is 1. The highest BCUT2D eigenvalue weighted by molar-refractivity contribution is 6.08. The molecule has 1 fully saturated rings. The lowest BCUT2D eigenvalue weighted by molar-refractivity contribution is 0.103. The Labute approximate surface area is 112 Å². The van der Waals surface area contributed by atoms with Gasteiger partial charge in [-0.15, -0.1) is 0 Å². The Balaban J connectivity index is 2.08. The lowest BCUT2D eigenvalue weighted by atomic mass is 9.96. The molecule has 1 aromatic rings. The molecule has 2 aliphatic heterocycles. The van der Waals surface area contributed by atoms with E-state index < -0.39 is 0 Å². The Morgan fingerprint density at radius 1 is 1.53 bits per heavy atom. The van der Waals surface area contributed by atoms with Crippen LogP contribution in [0.25, 0.3) is 0 Å². The molecule has 0 bridgehead atoms. The van der Waals surface area contributed by atoms with E-state index in [1.54, 1.807) is 13.0 Å². The summed E-state index contributed by atoms with van der Waals surface area (Å²) in [7, 11) is 0. The second kappa shape index (κ2) is 4.23. The van der Waals surface area contributed by atoms with E-state index in [0.29, 0.717) is 17.1 Å². The standard InChI is InChI=1S/C15H17N3O/c1-9(2)14(19)10-5-6-12-11(8-10)13-4-3-7-18(13)15(16)17-12/h5-6,8,13H,1,3-4,7H2,2H3,(H2,16,17). The topological polar surface area (TPSA) is 58.7 Å². The third kappa shape index (κ3) is 1.84. The van der Waals surface area contributed by atoms with Gasteiger partial charge < -0.3 is 10.6 Å². The number of allylic oxidation sites excluding steroid dienone is 1. The van der Waals surface area contributed by atoms with Crippen LogP contribution < -0.4 is 5.73 Å². The number of Topliss-reactive ketones (excluding diaryl/α,β-unsaturated/α-hetero) is 1. The fraction of sp³-hybridized carbons (Fsp3) is 0.333. The second-order valence-electron chi connectivity index (χ2n) is 5.20. The molecule has 3 rings (SSSR count). The van der Waals surface area contributed by atoms with Crippen molar-refractivity contribution in [3.8, 4) is 0 Å². The maximum Gasteiger partial charge on any atom is 0.197 e. The van der Waals surface area contributed by atoms with Crippen molar-refractivity contribution in [2.45, 2.75) is 25.8 Å². The van der Waals surface area contributed by atoms with E-state index in [9.17, 15) is 4.79 Å². The number of nitrogens with zero attached hydrogens (tertiary/aromatic N) is 2. The third-order valence-electron chi connectivity index (χ3n) is 3.82. The van der Waals surface area contributed by atoms with Gasteiger partial charge in [0.15, 0.2) is 11.7 Å². The molecule has 2 aliphatic rings. The zero-order chi connectivity index (χ0) is 13.6. The lowest BCUT2D eigenvalue weighted by Gasteiger charge is -2.31. The van der Waals surface area contributed by atoms with Gasteiger partial charge in [-0.3, -0.25) is 4.79 Å². The van der Waals surface area contributed by atoms with Gasteiger partial charge in [-0.05, 0) is 43.5 Å². The number of guanidine groups is 1. The number of carbonyl (C=O) groups excluding carboxylic acids is 1. The van der Waals surface area contributed by atoms with Crippen LogP contribution in [0.5, 0.6) is 0 Å². The Hall–Kier alpha value is -2.10. The van der Waals surface area contributed by atoms with Gasteiger partial charge in [-0.2, -0.15) is 0 Å². The molecular formula is C15H17N3O. The minimum atomic E-state index is -0.00475. The van der Waals surface area contributed by atoms with Gasteiger partial charge in [0.1, 0.15) is 0 Å². The molecule has 2 heterocycles. The van der Waals surface area contributed by atoms with Crippen molar-refractivity contribution in [1.82, 2.24) is 4.90 Å². The van der Waals surface area contributed by atoms with Crippen molar-refractivity contribution in [1.29, 1.82) is 0 Å². The maximum absolute atomic E-state index is 12.0. The van der Waals surface area contributed by atoms with Crippen LogP contribution in [0.4, 0.5) is 5.69 Å². The highest BCUT2D eigenvalue weighted by Crippen LogP contribution is 2.40. The summed E-state index contributed by atoms with van der Waals surface area (Å²) >= 11 is 0. The lowest BCUT2D eigenvalue weighted by Crippen LogP contribution is -2.38. The number of nitrogens with two attached hydrogens (primary N) is 1. The van der Waals surface area contributed by atoms with E-state index in [2.05, 4.69) is 16.5 Å². The fourth-order valence-electron chi connectivity index (χ4n) is 2.86. The zero-order valence-corrected chi connectivity index (χ0v) is 11.0. The first-order valence-electron chi connectivity index (χ1n) is 6.53. The minimum Gasteiger partial charge on any atom is -0.369 e. The van der Waals surface area contributed by atoms with Gasteiger partial charge in [0.2, 0.25) is 0 Å². The van der Waals surface area contributed by atoms with Crippen molar-refractivity contribution in [2.24, 2.45) is 10.7 Å². The molecule has 4 nitrogen and oxygen atoms in total. The molecule has 0 aromatic heterocycles. The van der Waals surface area contributed by atoms with Gasteiger partial charge in [0.05, 0.1) is 11.7 Å². The number of ketones is 1. The van der Waals surface area contributed by atoms with Crippen molar-refractivity contribution in [2.75, 3.05) is 6.54 Å². The molecule has 0 spiro atoms. The largest absolute Gasteiger partial charge is 0.369 e. The van der Waals surface area contributed by atoms with E-state index in [1.807, 2.05) is 12.1 Å². The monoisotopic (exact) mass is 255 g/mol. The Morgan fingerprint density at radius 3 is 3.05 bits per heavy atom. The Morgan fingerprint density at radius 2 is 2.32 bits per heavy atom. The van der Waals surface area contributed by atoms with Crippen LogP contribution in [-0.2, 0) is 0 Å². The van der Waals surface area contributed by atoms with Crippen LogP contribution in [-0.4, -0.2) is 23.2 Å². The average Bonchev–Trinajstić information content (AvgIpc) is 2.87. The number of benzene rings is 1. The average molecular weight is 255 g/mol. The second-order valence-corrected chi connectivity index (χ2v) is 5.20. The summed E-state index contributed by atoms with van der Waals surface area (Å²) in [6.45, 7) is 6.39. The molecule has 1 saturated heterocycles. The molecule has 0 amide bonds. The first-order chi connectivity index (χ1) is 9.08. The molecule has 0 radical (unpaired) electrons. The minimum absolute atomic E-state index is 0.00475. The van der Waals surface area contributed by atoms with E-state index in [-0.39, 0.29) is 11.8 Å². The maximum atomic E-state index is 12.0. The molecule has 19 heavy (non-hydrogen) atoms. The summed E-state index contributed by atoms with van der Waals surface area (Å²) in [5.74, 6) is 0.587. The molecule has 4 heteroatoms.